The van der Waals surface area contributed by atoms with Gasteiger partial charge >= 0.3 is 0 Å². The molecule has 86 valence electrons. The number of aliphatic hydroxyl groups is 1. The molecule has 0 saturated heterocycles. The minimum Gasteiger partial charge on any atom is -0.396 e. The van der Waals surface area contributed by atoms with Gasteiger partial charge in [0.15, 0.2) is 0 Å². The molecule has 1 atom stereocenters. The fraction of sp³-hybridized carbons (Fsp3) is 0.364. The zero-order valence-electron chi connectivity index (χ0n) is 9.02. The van der Waals surface area contributed by atoms with Gasteiger partial charge in [0.25, 0.3) is 0 Å². The highest BCUT2D eigenvalue weighted by atomic mass is 35.5. The standard InChI is InChI=1S/C11H14ClN3O/c1-15-10-7(12)3-2-4-9(10)14-11(15)8(13)5-6-16/h2-4,8,16H,5-6,13H2,1H3. The molecule has 0 bridgehead atoms. The summed E-state index contributed by atoms with van der Waals surface area (Å²) in [4.78, 5) is 4.43. The van der Waals surface area contributed by atoms with Crippen LogP contribution in [0.4, 0.5) is 0 Å². The van der Waals surface area contributed by atoms with Crippen LogP contribution in [-0.4, -0.2) is 21.3 Å². The number of aliphatic hydroxyl groups excluding tert-OH is 1. The third-order valence-electron chi connectivity index (χ3n) is 2.65. The number of halogens is 1. The van der Waals surface area contributed by atoms with E-state index in [-0.39, 0.29) is 12.6 Å². The highest BCUT2D eigenvalue weighted by Gasteiger charge is 2.15. The molecule has 0 aliphatic carbocycles. The number of hydrogen-bond donors (Lipinski definition) is 2. The lowest BCUT2D eigenvalue weighted by atomic mass is 10.2. The Balaban J connectivity index is 2.56. The Morgan fingerprint density at radius 2 is 2.31 bits per heavy atom. The van der Waals surface area contributed by atoms with Crippen molar-refractivity contribution in [2.24, 2.45) is 12.8 Å². The van der Waals surface area contributed by atoms with E-state index in [4.69, 9.17) is 22.4 Å². The summed E-state index contributed by atoms with van der Waals surface area (Å²) in [7, 11) is 1.88. The Morgan fingerprint density at radius 1 is 1.56 bits per heavy atom. The minimum atomic E-state index is -0.265. The number of fused-ring (bicyclic) bond motifs is 1. The van der Waals surface area contributed by atoms with E-state index in [0.717, 1.165) is 16.9 Å². The number of nitrogens with two attached hydrogens (primary N) is 1. The molecule has 0 saturated carbocycles. The van der Waals surface area contributed by atoms with E-state index in [0.29, 0.717) is 11.4 Å². The van der Waals surface area contributed by atoms with Crippen molar-refractivity contribution in [1.82, 2.24) is 9.55 Å². The Morgan fingerprint density at radius 3 is 2.94 bits per heavy atom. The van der Waals surface area contributed by atoms with Gasteiger partial charge in [0.1, 0.15) is 5.82 Å². The van der Waals surface area contributed by atoms with Crippen LogP contribution in [0.25, 0.3) is 11.0 Å². The second-order valence-corrected chi connectivity index (χ2v) is 4.16. The molecule has 0 fully saturated rings. The van der Waals surface area contributed by atoms with Crippen molar-refractivity contribution in [2.75, 3.05) is 6.61 Å². The molecule has 2 rings (SSSR count). The van der Waals surface area contributed by atoms with E-state index in [1.54, 1.807) is 0 Å². The van der Waals surface area contributed by atoms with Crippen LogP contribution in [0.1, 0.15) is 18.3 Å². The molecule has 0 spiro atoms. The Bertz CT molecular complexity index is 509. The maximum Gasteiger partial charge on any atom is 0.126 e. The molecule has 0 radical (unpaired) electrons. The fourth-order valence-electron chi connectivity index (χ4n) is 1.84. The van der Waals surface area contributed by atoms with Crippen molar-refractivity contribution in [3.05, 3.63) is 29.0 Å². The Hall–Kier alpha value is -1.10. The molecule has 0 aliphatic heterocycles. The summed E-state index contributed by atoms with van der Waals surface area (Å²) in [5.41, 5.74) is 7.65. The van der Waals surface area contributed by atoms with Crippen molar-refractivity contribution in [3.8, 4) is 0 Å². The van der Waals surface area contributed by atoms with Gasteiger partial charge < -0.3 is 15.4 Å². The van der Waals surface area contributed by atoms with Gasteiger partial charge in [-0.1, -0.05) is 17.7 Å². The third-order valence-corrected chi connectivity index (χ3v) is 2.96. The molecule has 4 nitrogen and oxygen atoms in total. The van der Waals surface area contributed by atoms with Crippen LogP contribution >= 0.6 is 11.6 Å². The molecule has 2 aromatic rings. The van der Waals surface area contributed by atoms with Crippen LogP contribution in [0.15, 0.2) is 18.2 Å². The summed E-state index contributed by atoms with van der Waals surface area (Å²) in [6.45, 7) is 0.0537. The largest absolute Gasteiger partial charge is 0.396 e. The number of nitrogens with zero attached hydrogens (tertiary/aromatic N) is 2. The van der Waals surface area contributed by atoms with E-state index in [2.05, 4.69) is 4.98 Å². The number of benzene rings is 1. The van der Waals surface area contributed by atoms with Crippen LogP contribution < -0.4 is 5.73 Å². The quantitative estimate of drug-likeness (QED) is 0.855. The maximum absolute atomic E-state index is 8.88. The molecular weight excluding hydrogens is 226 g/mol. The van der Waals surface area contributed by atoms with E-state index >= 15 is 0 Å². The number of aryl methyl sites for hydroxylation is 1. The molecule has 1 unspecified atom stereocenters. The van der Waals surface area contributed by atoms with Gasteiger partial charge in [-0.05, 0) is 18.6 Å². The zero-order chi connectivity index (χ0) is 11.7. The fourth-order valence-corrected chi connectivity index (χ4v) is 2.14. The molecule has 5 heteroatoms. The summed E-state index contributed by atoms with van der Waals surface area (Å²) in [6, 6.07) is 5.32. The number of aromatic nitrogens is 2. The van der Waals surface area contributed by atoms with Crippen LogP contribution in [0.2, 0.25) is 5.02 Å². The highest BCUT2D eigenvalue weighted by Crippen LogP contribution is 2.25. The smallest absolute Gasteiger partial charge is 0.126 e. The van der Waals surface area contributed by atoms with Crippen molar-refractivity contribution < 1.29 is 5.11 Å². The van der Waals surface area contributed by atoms with Crippen LogP contribution in [-0.2, 0) is 7.05 Å². The van der Waals surface area contributed by atoms with Gasteiger partial charge in [0.2, 0.25) is 0 Å². The van der Waals surface area contributed by atoms with Crippen LogP contribution in [0, 0.1) is 0 Å². The first-order valence-corrected chi connectivity index (χ1v) is 5.50. The highest BCUT2D eigenvalue weighted by molar-refractivity contribution is 6.35. The lowest BCUT2D eigenvalue weighted by Crippen LogP contribution is -2.16. The number of rotatable bonds is 3. The van der Waals surface area contributed by atoms with Crippen molar-refractivity contribution in [3.63, 3.8) is 0 Å². The summed E-state index contributed by atoms with van der Waals surface area (Å²) in [5.74, 6) is 0.747. The minimum absolute atomic E-state index is 0.0537. The van der Waals surface area contributed by atoms with E-state index in [1.807, 2.05) is 29.8 Å². The first kappa shape index (κ1) is 11.4. The van der Waals surface area contributed by atoms with Gasteiger partial charge in [-0.3, -0.25) is 0 Å². The molecule has 0 amide bonds. The summed E-state index contributed by atoms with van der Waals surface area (Å²) < 4.78 is 1.89. The number of hydrogen-bond acceptors (Lipinski definition) is 3. The van der Waals surface area contributed by atoms with Gasteiger partial charge in [0.05, 0.1) is 22.1 Å². The second kappa shape index (κ2) is 4.41. The monoisotopic (exact) mass is 239 g/mol. The average molecular weight is 240 g/mol. The lowest BCUT2D eigenvalue weighted by Gasteiger charge is -2.09. The molecule has 1 aromatic carbocycles. The van der Waals surface area contributed by atoms with Gasteiger partial charge in [-0.2, -0.15) is 0 Å². The molecular formula is C11H14ClN3O. The molecule has 16 heavy (non-hydrogen) atoms. The van der Waals surface area contributed by atoms with Crippen molar-refractivity contribution >= 4 is 22.6 Å². The third kappa shape index (κ3) is 1.80. The van der Waals surface area contributed by atoms with E-state index < -0.39 is 0 Å². The Labute approximate surface area is 98.6 Å². The predicted octanol–water partition coefficient (Wildman–Crippen LogP) is 1.61. The van der Waals surface area contributed by atoms with Crippen LogP contribution in [0.3, 0.4) is 0 Å². The molecule has 3 N–H and O–H groups in total. The second-order valence-electron chi connectivity index (χ2n) is 3.76. The normalized spacial score (nSPS) is 13.2. The molecule has 0 aliphatic rings. The SMILES string of the molecule is Cn1c(C(N)CCO)nc2cccc(Cl)c21. The van der Waals surface area contributed by atoms with Gasteiger partial charge in [-0.15, -0.1) is 0 Å². The van der Waals surface area contributed by atoms with E-state index in [1.165, 1.54) is 0 Å². The number of imidazole rings is 1. The predicted molar refractivity (Wildman–Crippen MR) is 64.4 cm³/mol. The average Bonchev–Trinajstić information content (AvgIpc) is 2.58. The topological polar surface area (TPSA) is 64.1 Å². The zero-order valence-corrected chi connectivity index (χ0v) is 9.78. The lowest BCUT2D eigenvalue weighted by molar-refractivity contribution is 0.274. The molecule has 1 aromatic heterocycles. The van der Waals surface area contributed by atoms with Crippen molar-refractivity contribution in [2.45, 2.75) is 12.5 Å². The first-order chi connectivity index (χ1) is 7.65. The van der Waals surface area contributed by atoms with Gasteiger partial charge in [-0.25, -0.2) is 4.98 Å². The van der Waals surface area contributed by atoms with Gasteiger partial charge in [0, 0.05) is 13.7 Å². The summed E-state index contributed by atoms with van der Waals surface area (Å²) in [6.07, 6.45) is 0.495. The van der Waals surface area contributed by atoms with E-state index in [9.17, 15) is 0 Å². The molecule has 1 heterocycles. The summed E-state index contributed by atoms with van der Waals surface area (Å²) in [5, 5.41) is 9.54. The summed E-state index contributed by atoms with van der Waals surface area (Å²) >= 11 is 6.11. The number of para-hydroxylation sites is 1. The Kier molecular flexibility index (Phi) is 3.14. The first-order valence-electron chi connectivity index (χ1n) is 5.12. The van der Waals surface area contributed by atoms with Crippen LogP contribution in [0.5, 0.6) is 0 Å². The van der Waals surface area contributed by atoms with Crippen molar-refractivity contribution in [1.29, 1.82) is 0 Å². The maximum atomic E-state index is 8.88.